The summed E-state index contributed by atoms with van der Waals surface area (Å²) in [5, 5.41) is 8.36. The summed E-state index contributed by atoms with van der Waals surface area (Å²) in [5.74, 6) is -0.355. The molecule has 1 aromatic carbocycles. The summed E-state index contributed by atoms with van der Waals surface area (Å²) in [5.41, 5.74) is 0.410. The van der Waals surface area contributed by atoms with Gasteiger partial charge >= 0.3 is 0 Å². The van der Waals surface area contributed by atoms with Gasteiger partial charge in [0, 0.05) is 14.5 Å². The summed E-state index contributed by atoms with van der Waals surface area (Å²) in [6.07, 6.45) is 0.0950. The molecule has 0 atom stereocenters. The molecular weight excluding hydrogens is 289 g/mol. The van der Waals surface area contributed by atoms with E-state index < -0.39 is 0 Å². The predicted molar refractivity (Wildman–Crippen MR) is 51.1 cm³/mol. The molecule has 0 unspecified atom stereocenters. The molecule has 62 valence electrons. The number of hydrogen-bond donors (Lipinski definition) is 0. The summed E-state index contributed by atoms with van der Waals surface area (Å²) < 4.78 is 14.4. The summed E-state index contributed by atoms with van der Waals surface area (Å²) in [6, 6.07) is 4.84. The minimum absolute atomic E-state index is 0.0950. The van der Waals surface area contributed by atoms with Gasteiger partial charge in [0.25, 0.3) is 0 Å². The number of benzene rings is 1. The second-order valence-electron chi connectivity index (χ2n) is 2.19. The van der Waals surface area contributed by atoms with E-state index in [0.29, 0.717) is 10.0 Å². The molecule has 0 saturated carbocycles. The Morgan fingerprint density at radius 2 is 1.92 bits per heavy atom. The molecule has 0 radical (unpaired) electrons. The Bertz CT molecular complexity index is 344. The summed E-state index contributed by atoms with van der Waals surface area (Å²) in [6.45, 7) is 0. The van der Waals surface area contributed by atoms with Gasteiger partial charge in [0.15, 0.2) is 0 Å². The average molecular weight is 293 g/mol. The van der Waals surface area contributed by atoms with Crippen molar-refractivity contribution in [3.8, 4) is 6.07 Å². The van der Waals surface area contributed by atoms with Gasteiger partial charge in [-0.15, -0.1) is 0 Å². The van der Waals surface area contributed by atoms with Crippen molar-refractivity contribution in [3.05, 3.63) is 32.5 Å². The minimum Gasteiger partial charge on any atom is -0.207 e. The lowest BCUT2D eigenvalue weighted by Crippen LogP contribution is -1.88. The summed E-state index contributed by atoms with van der Waals surface area (Å²) in [4.78, 5) is 0. The third-order valence-corrected chi connectivity index (χ3v) is 3.20. The molecule has 0 saturated heterocycles. The maximum Gasteiger partial charge on any atom is 0.128 e. The van der Waals surface area contributed by atoms with E-state index in [0.717, 1.165) is 4.47 Å². The molecule has 1 nitrogen and oxygen atoms in total. The summed E-state index contributed by atoms with van der Waals surface area (Å²) in [7, 11) is 0. The van der Waals surface area contributed by atoms with E-state index in [1.165, 1.54) is 6.07 Å². The van der Waals surface area contributed by atoms with E-state index in [-0.39, 0.29) is 12.2 Å². The van der Waals surface area contributed by atoms with Crippen LogP contribution in [0.15, 0.2) is 21.1 Å². The zero-order valence-electron chi connectivity index (χ0n) is 5.94. The Morgan fingerprint density at radius 3 is 2.50 bits per heavy atom. The molecule has 12 heavy (non-hydrogen) atoms. The molecule has 1 aromatic rings. The molecule has 0 fully saturated rings. The highest BCUT2D eigenvalue weighted by Crippen LogP contribution is 2.26. The van der Waals surface area contributed by atoms with Crippen LogP contribution in [0.5, 0.6) is 0 Å². The molecule has 0 spiro atoms. The van der Waals surface area contributed by atoms with Crippen molar-refractivity contribution in [1.82, 2.24) is 0 Å². The van der Waals surface area contributed by atoms with Crippen molar-refractivity contribution in [2.75, 3.05) is 0 Å². The molecule has 1 rings (SSSR count). The van der Waals surface area contributed by atoms with Crippen LogP contribution < -0.4 is 0 Å². The largest absolute Gasteiger partial charge is 0.207 e. The Morgan fingerprint density at radius 1 is 1.33 bits per heavy atom. The van der Waals surface area contributed by atoms with Gasteiger partial charge in [0.1, 0.15) is 5.82 Å². The molecule has 0 bridgehead atoms. The molecule has 0 heterocycles. The van der Waals surface area contributed by atoms with Crippen LogP contribution in [-0.2, 0) is 6.42 Å². The van der Waals surface area contributed by atoms with Gasteiger partial charge in [-0.2, -0.15) is 5.26 Å². The number of hydrogen-bond acceptors (Lipinski definition) is 1. The van der Waals surface area contributed by atoms with Crippen LogP contribution in [0, 0.1) is 17.1 Å². The van der Waals surface area contributed by atoms with Crippen molar-refractivity contribution in [3.63, 3.8) is 0 Å². The van der Waals surface area contributed by atoms with Gasteiger partial charge in [-0.05, 0) is 44.0 Å². The molecular formula is C8H4Br2FN. The van der Waals surface area contributed by atoms with Gasteiger partial charge in [-0.3, -0.25) is 0 Å². The molecule has 0 aromatic heterocycles. The van der Waals surface area contributed by atoms with E-state index in [9.17, 15) is 4.39 Å². The highest BCUT2D eigenvalue weighted by Gasteiger charge is 2.05. The maximum atomic E-state index is 13.0. The van der Waals surface area contributed by atoms with E-state index in [1.807, 2.05) is 6.07 Å². The molecule has 0 amide bonds. The molecule has 0 aliphatic rings. The summed E-state index contributed by atoms with van der Waals surface area (Å²) >= 11 is 6.39. The van der Waals surface area contributed by atoms with Gasteiger partial charge in [-0.25, -0.2) is 4.39 Å². The Labute approximate surface area is 86.5 Å². The number of rotatable bonds is 1. The van der Waals surface area contributed by atoms with Crippen LogP contribution in [0.25, 0.3) is 0 Å². The highest BCUT2D eigenvalue weighted by atomic mass is 79.9. The predicted octanol–water partition coefficient (Wildman–Crippen LogP) is 3.42. The quantitative estimate of drug-likeness (QED) is 0.728. The standard InChI is InChI=1S/C8H4Br2FN/c9-6-3-5(1-2-12)8(11)4-7(6)10/h3-4H,1H2. The second kappa shape index (κ2) is 4.01. The van der Waals surface area contributed by atoms with Crippen molar-refractivity contribution in [2.45, 2.75) is 6.42 Å². The zero-order valence-corrected chi connectivity index (χ0v) is 9.11. The van der Waals surface area contributed by atoms with Crippen molar-refractivity contribution < 1.29 is 4.39 Å². The monoisotopic (exact) mass is 291 g/mol. The maximum absolute atomic E-state index is 13.0. The van der Waals surface area contributed by atoms with Crippen LogP contribution in [0.2, 0.25) is 0 Å². The number of halogens is 3. The second-order valence-corrected chi connectivity index (χ2v) is 3.90. The average Bonchev–Trinajstić information content (AvgIpc) is 2.01. The third kappa shape index (κ3) is 2.05. The fraction of sp³-hybridized carbons (Fsp3) is 0.125. The van der Waals surface area contributed by atoms with Crippen LogP contribution in [0.1, 0.15) is 5.56 Å². The topological polar surface area (TPSA) is 23.8 Å². The van der Waals surface area contributed by atoms with Gasteiger partial charge in [0.05, 0.1) is 12.5 Å². The van der Waals surface area contributed by atoms with Crippen LogP contribution in [0.4, 0.5) is 4.39 Å². The minimum atomic E-state index is -0.355. The number of nitriles is 1. The molecule has 0 aliphatic heterocycles. The Hall–Kier alpha value is -0.400. The lowest BCUT2D eigenvalue weighted by molar-refractivity contribution is 0.614. The SMILES string of the molecule is N#CCc1cc(Br)c(Br)cc1F. The molecule has 0 aliphatic carbocycles. The highest BCUT2D eigenvalue weighted by molar-refractivity contribution is 9.13. The zero-order chi connectivity index (χ0) is 9.14. The fourth-order valence-electron chi connectivity index (χ4n) is 0.784. The van der Waals surface area contributed by atoms with E-state index in [2.05, 4.69) is 31.9 Å². The number of nitrogens with zero attached hydrogens (tertiary/aromatic N) is 1. The van der Waals surface area contributed by atoms with Crippen LogP contribution in [-0.4, -0.2) is 0 Å². The first kappa shape index (κ1) is 9.69. The van der Waals surface area contributed by atoms with Crippen molar-refractivity contribution in [1.29, 1.82) is 5.26 Å². The lowest BCUT2D eigenvalue weighted by Gasteiger charge is -2.00. The molecule has 4 heteroatoms. The molecule has 0 N–H and O–H groups in total. The first-order chi connectivity index (χ1) is 5.65. The Balaban J connectivity index is 3.16. The van der Waals surface area contributed by atoms with Crippen LogP contribution >= 0.6 is 31.9 Å². The lowest BCUT2D eigenvalue weighted by atomic mass is 10.1. The first-order valence-electron chi connectivity index (χ1n) is 3.15. The van der Waals surface area contributed by atoms with Crippen molar-refractivity contribution in [2.24, 2.45) is 0 Å². The van der Waals surface area contributed by atoms with Crippen LogP contribution in [0.3, 0.4) is 0 Å². The van der Waals surface area contributed by atoms with E-state index >= 15 is 0 Å². The van der Waals surface area contributed by atoms with Gasteiger partial charge in [-0.1, -0.05) is 0 Å². The smallest absolute Gasteiger partial charge is 0.128 e. The van der Waals surface area contributed by atoms with Gasteiger partial charge in [0.2, 0.25) is 0 Å². The Kier molecular flexibility index (Phi) is 3.24. The fourth-order valence-corrected chi connectivity index (χ4v) is 1.49. The third-order valence-electron chi connectivity index (χ3n) is 1.36. The van der Waals surface area contributed by atoms with Gasteiger partial charge < -0.3 is 0 Å². The van der Waals surface area contributed by atoms with Crippen molar-refractivity contribution >= 4 is 31.9 Å². The normalized spacial score (nSPS) is 9.50. The first-order valence-corrected chi connectivity index (χ1v) is 4.74. The van der Waals surface area contributed by atoms with E-state index in [1.54, 1.807) is 6.07 Å². The van der Waals surface area contributed by atoms with E-state index in [4.69, 9.17) is 5.26 Å².